The second kappa shape index (κ2) is 9.61. The van der Waals surface area contributed by atoms with Gasteiger partial charge in [-0.05, 0) is 30.7 Å². The van der Waals surface area contributed by atoms with E-state index in [9.17, 15) is 14.4 Å². The molecule has 1 amide bonds. The summed E-state index contributed by atoms with van der Waals surface area (Å²) in [4.78, 5) is 34.9. The van der Waals surface area contributed by atoms with Crippen LogP contribution in [0.5, 0.6) is 5.75 Å². The number of Topliss-reactive ketones (excluding diaryl/α,β-unsaturated/α-hetero) is 1. The number of ketones is 1. The maximum atomic E-state index is 12.0. The Morgan fingerprint density at radius 3 is 2.35 bits per heavy atom. The summed E-state index contributed by atoms with van der Waals surface area (Å²) in [6.45, 7) is 1.95. The average molecular weight is 321 g/mol. The number of methoxy groups -OCH3 is 1. The number of carbonyl (C=O) groups is 3. The number of ether oxygens (including phenoxy) is 1. The molecule has 1 rings (SSSR count). The smallest absolute Gasteiger partial charge is 0.326 e. The van der Waals surface area contributed by atoms with Gasteiger partial charge in [-0.2, -0.15) is 0 Å². The highest BCUT2D eigenvalue weighted by atomic mass is 16.5. The molecule has 1 aromatic carbocycles. The third kappa shape index (κ3) is 6.50. The van der Waals surface area contributed by atoms with Gasteiger partial charge in [-0.25, -0.2) is 4.79 Å². The van der Waals surface area contributed by atoms with Crippen molar-refractivity contribution in [2.45, 2.75) is 45.1 Å². The average Bonchev–Trinajstić information content (AvgIpc) is 2.56. The fraction of sp³-hybridized carbons (Fsp3) is 0.471. The molecule has 1 aromatic rings. The molecule has 0 aliphatic heterocycles. The monoisotopic (exact) mass is 321 g/mol. The Labute approximate surface area is 135 Å². The molecular weight excluding hydrogens is 298 g/mol. The van der Waals surface area contributed by atoms with Gasteiger partial charge in [0.25, 0.3) is 0 Å². The van der Waals surface area contributed by atoms with Crippen LogP contribution in [-0.2, 0) is 9.59 Å². The van der Waals surface area contributed by atoms with Crippen molar-refractivity contribution in [2.24, 2.45) is 0 Å². The first-order valence-electron chi connectivity index (χ1n) is 7.67. The van der Waals surface area contributed by atoms with Gasteiger partial charge in [-0.3, -0.25) is 9.59 Å². The SMILES string of the molecule is CCCCC(NC(=O)CCC(=O)c1ccc(OC)cc1)C(=O)O. The zero-order chi connectivity index (χ0) is 17.2. The van der Waals surface area contributed by atoms with E-state index in [4.69, 9.17) is 9.84 Å². The second-order valence-electron chi connectivity index (χ2n) is 5.25. The molecule has 1 unspecified atom stereocenters. The van der Waals surface area contributed by atoms with Crippen molar-refractivity contribution in [3.05, 3.63) is 29.8 Å². The van der Waals surface area contributed by atoms with Gasteiger partial charge in [-0.15, -0.1) is 0 Å². The summed E-state index contributed by atoms with van der Waals surface area (Å²) in [5, 5.41) is 11.5. The van der Waals surface area contributed by atoms with Gasteiger partial charge >= 0.3 is 5.97 Å². The molecule has 0 heterocycles. The summed E-state index contributed by atoms with van der Waals surface area (Å²) < 4.78 is 5.01. The molecule has 0 saturated carbocycles. The molecule has 2 N–H and O–H groups in total. The third-order valence-corrected chi connectivity index (χ3v) is 3.47. The molecule has 0 radical (unpaired) electrons. The Kier molecular flexibility index (Phi) is 7.80. The van der Waals surface area contributed by atoms with E-state index in [0.29, 0.717) is 17.7 Å². The van der Waals surface area contributed by atoms with Gasteiger partial charge < -0.3 is 15.2 Å². The van der Waals surface area contributed by atoms with E-state index >= 15 is 0 Å². The molecule has 6 heteroatoms. The van der Waals surface area contributed by atoms with E-state index in [1.807, 2.05) is 6.92 Å². The predicted molar refractivity (Wildman–Crippen MR) is 85.7 cm³/mol. The lowest BCUT2D eigenvalue weighted by atomic mass is 10.1. The Hall–Kier alpha value is -2.37. The highest BCUT2D eigenvalue weighted by Gasteiger charge is 2.19. The Bertz CT molecular complexity index is 538. The van der Waals surface area contributed by atoms with Gasteiger partial charge in [0.15, 0.2) is 5.78 Å². The van der Waals surface area contributed by atoms with Crippen LogP contribution in [0.4, 0.5) is 0 Å². The number of unbranched alkanes of at least 4 members (excludes halogenated alkanes) is 1. The van der Waals surface area contributed by atoms with Crippen molar-refractivity contribution in [3.63, 3.8) is 0 Å². The minimum atomic E-state index is -1.05. The fourth-order valence-corrected chi connectivity index (χ4v) is 2.08. The number of carboxylic acid groups (broad SMARTS) is 1. The first-order chi connectivity index (χ1) is 11.0. The van der Waals surface area contributed by atoms with E-state index in [2.05, 4.69) is 5.32 Å². The number of carbonyl (C=O) groups excluding carboxylic acids is 2. The molecule has 0 fully saturated rings. The topological polar surface area (TPSA) is 92.7 Å². The number of nitrogens with one attached hydrogen (secondary N) is 1. The minimum absolute atomic E-state index is 0.0270. The Morgan fingerprint density at radius 2 is 1.83 bits per heavy atom. The summed E-state index contributed by atoms with van der Waals surface area (Å²) in [6, 6.07) is 5.75. The molecular formula is C17H23NO5. The number of carboxylic acids is 1. The summed E-state index contributed by atoms with van der Waals surface area (Å²) in [5.74, 6) is -0.980. The lowest BCUT2D eigenvalue weighted by Gasteiger charge is -2.13. The largest absolute Gasteiger partial charge is 0.497 e. The molecule has 0 aliphatic carbocycles. The number of hydrogen-bond acceptors (Lipinski definition) is 4. The number of hydrogen-bond donors (Lipinski definition) is 2. The second-order valence-corrected chi connectivity index (χ2v) is 5.25. The van der Waals surface area contributed by atoms with E-state index < -0.39 is 17.9 Å². The van der Waals surface area contributed by atoms with Crippen molar-refractivity contribution in [1.82, 2.24) is 5.32 Å². The van der Waals surface area contributed by atoms with Crippen molar-refractivity contribution in [2.75, 3.05) is 7.11 Å². The van der Waals surface area contributed by atoms with Crippen molar-refractivity contribution in [1.29, 1.82) is 0 Å². The van der Waals surface area contributed by atoms with Gasteiger partial charge in [-0.1, -0.05) is 19.8 Å². The molecule has 23 heavy (non-hydrogen) atoms. The highest BCUT2D eigenvalue weighted by Crippen LogP contribution is 2.13. The fourth-order valence-electron chi connectivity index (χ4n) is 2.08. The highest BCUT2D eigenvalue weighted by molar-refractivity contribution is 5.98. The summed E-state index contributed by atoms with van der Waals surface area (Å²) in [6.07, 6.45) is 1.99. The van der Waals surface area contributed by atoms with E-state index in [1.165, 1.54) is 0 Å². The van der Waals surface area contributed by atoms with Crippen LogP contribution in [0.2, 0.25) is 0 Å². The van der Waals surface area contributed by atoms with Crippen molar-refractivity contribution >= 4 is 17.7 Å². The first kappa shape index (κ1) is 18.7. The molecule has 126 valence electrons. The van der Waals surface area contributed by atoms with E-state index in [0.717, 1.165) is 12.8 Å². The van der Waals surface area contributed by atoms with E-state index in [1.54, 1.807) is 31.4 Å². The Morgan fingerprint density at radius 1 is 1.17 bits per heavy atom. The molecule has 6 nitrogen and oxygen atoms in total. The van der Waals surface area contributed by atoms with E-state index in [-0.39, 0.29) is 18.6 Å². The maximum Gasteiger partial charge on any atom is 0.326 e. The van der Waals surface area contributed by atoms with Crippen LogP contribution < -0.4 is 10.1 Å². The van der Waals surface area contributed by atoms with Crippen LogP contribution in [0.15, 0.2) is 24.3 Å². The summed E-state index contributed by atoms with van der Waals surface area (Å²) in [7, 11) is 1.54. The third-order valence-electron chi connectivity index (χ3n) is 3.47. The lowest BCUT2D eigenvalue weighted by molar-refractivity contribution is -0.142. The summed E-state index contributed by atoms with van der Waals surface area (Å²) in [5.41, 5.74) is 0.499. The van der Waals surface area contributed by atoms with Crippen LogP contribution in [0, 0.1) is 0 Å². The molecule has 0 bridgehead atoms. The summed E-state index contributed by atoms with van der Waals surface area (Å²) >= 11 is 0. The maximum absolute atomic E-state index is 12.0. The van der Waals surface area contributed by atoms with Gasteiger partial charge in [0, 0.05) is 18.4 Å². The van der Waals surface area contributed by atoms with Crippen LogP contribution in [-0.4, -0.2) is 35.9 Å². The van der Waals surface area contributed by atoms with Crippen LogP contribution in [0.3, 0.4) is 0 Å². The molecule has 0 saturated heterocycles. The predicted octanol–water partition coefficient (Wildman–Crippen LogP) is 2.42. The molecule has 0 aliphatic rings. The number of rotatable bonds is 10. The van der Waals surface area contributed by atoms with Gasteiger partial charge in [0.1, 0.15) is 11.8 Å². The van der Waals surface area contributed by atoms with Crippen LogP contribution in [0.1, 0.15) is 49.4 Å². The standard InChI is InChI=1S/C17H23NO5/c1-3-4-5-14(17(21)22)18-16(20)11-10-15(19)12-6-8-13(23-2)9-7-12/h6-9,14H,3-5,10-11H2,1-2H3,(H,18,20)(H,21,22). The van der Waals surface area contributed by atoms with Crippen molar-refractivity contribution in [3.8, 4) is 5.75 Å². The number of amides is 1. The molecule has 1 atom stereocenters. The minimum Gasteiger partial charge on any atom is -0.497 e. The van der Waals surface area contributed by atoms with Crippen molar-refractivity contribution < 1.29 is 24.2 Å². The first-order valence-corrected chi connectivity index (χ1v) is 7.67. The normalized spacial score (nSPS) is 11.6. The quantitative estimate of drug-likeness (QED) is 0.646. The van der Waals surface area contributed by atoms with Crippen LogP contribution >= 0.6 is 0 Å². The lowest BCUT2D eigenvalue weighted by Crippen LogP contribution is -2.40. The zero-order valence-electron chi connectivity index (χ0n) is 13.5. The number of benzene rings is 1. The van der Waals surface area contributed by atoms with Crippen LogP contribution in [0.25, 0.3) is 0 Å². The Balaban J connectivity index is 2.47. The molecule has 0 aromatic heterocycles. The molecule has 0 spiro atoms. The number of aliphatic carboxylic acids is 1. The van der Waals surface area contributed by atoms with Gasteiger partial charge in [0.05, 0.1) is 7.11 Å². The van der Waals surface area contributed by atoms with Gasteiger partial charge in [0.2, 0.25) is 5.91 Å². The zero-order valence-corrected chi connectivity index (χ0v) is 13.5.